The fourth-order valence-corrected chi connectivity index (χ4v) is 3.17. The molecule has 2 rings (SSSR count). The highest BCUT2D eigenvalue weighted by Crippen LogP contribution is 2.36. The van der Waals surface area contributed by atoms with E-state index in [0.717, 1.165) is 29.7 Å². The van der Waals surface area contributed by atoms with Crippen molar-refractivity contribution >= 4 is 11.3 Å². The minimum absolute atomic E-state index is 0.334. The Morgan fingerprint density at radius 3 is 2.71 bits per heavy atom. The molecule has 0 aliphatic rings. The SMILES string of the molecule is CCCNC(c1cc(C)c(F)cc1F)c1sccc1OC. The van der Waals surface area contributed by atoms with E-state index >= 15 is 0 Å². The quantitative estimate of drug-likeness (QED) is 0.852. The number of methoxy groups -OCH3 is 1. The first-order valence-electron chi connectivity index (χ1n) is 6.88. The molecule has 0 aliphatic carbocycles. The molecule has 1 unspecified atom stereocenters. The summed E-state index contributed by atoms with van der Waals surface area (Å²) < 4.78 is 33.0. The molecule has 5 heteroatoms. The summed E-state index contributed by atoms with van der Waals surface area (Å²) >= 11 is 1.50. The van der Waals surface area contributed by atoms with Crippen molar-refractivity contribution in [2.75, 3.05) is 13.7 Å². The van der Waals surface area contributed by atoms with Crippen molar-refractivity contribution in [2.24, 2.45) is 0 Å². The number of nitrogens with one attached hydrogen (secondary N) is 1. The van der Waals surface area contributed by atoms with Crippen molar-refractivity contribution in [3.63, 3.8) is 0 Å². The van der Waals surface area contributed by atoms with Gasteiger partial charge in [-0.15, -0.1) is 11.3 Å². The lowest BCUT2D eigenvalue weighted by molar-refractivity contribution is 0.406. The molecule has 1 aromatic carbocycles. The number of hydrogen-bond donors (Lipinski definition) is 1. The number of ether oxygens (including phenoxy) is 1. The Hall–Kier alpha value is -1.46. The van der Waals surface area contributed by atoms with Crippen LogP contribution in [-0.4, -0.2) is 13.7 Å². The lowest BCUT2D eigenvalue weighted by Gasteiger charge is -2.20. The van der Waals surface area contributed by atoms with E-state index in [4.69, 9.17) is 4.74 Å². The first-order chi connectivity index (χ1) is 10.1. The minimum atomic E-state index is -0.540. The van der Waals surface area contributed by atoms with E-state index in [2.05, 4.69) is 5.32 Å². The van der Waals surface area contributed by atoms with E-state index in [1.807, 2.05) is 18.4 Å². The molecule has 0 amide bonds. The van der Waals surface area contributed by atoms with E-state index in [1.165, 1.54) is 11.3 Å². The zero-order valence-electron chi connectivity index (χ0n) is 12.4. The van der Waals surface area contributed by atoms with Crippen molar-refractivity contribution < 1.29 is 13.5 Å². The first-order valence-corrected chi connectivity index (χ1v) is 7.76. The van der Waals surface area contributed by atoms with Crippen molar-refractivity contribution in [3.8, 4) is 5.75 Å². The fourth-order valence-electron chi connectivity index (χ4n) is 2.22. The predicted octanol–water partition coefficient (Wildman–Crippen LogP) is 4.43. The van der Waals surface area contributed by atoms with Crippen LogP contribution in [0.1, 0.15) is 35.4 Å². The second kappa shape index (κ2) is 7.00. The van der Waals surface area contributed by atoms with E-state index in [1.54, 1.807) is 20.1 Å². The zero-order valence-corrected chi connectivity index (χ0v) is 13.2. The lowest BCUT2D eigenvalue weighted by atomic mass is 10.0. The zero-order chi connectivity index (χ0) is 15.4. The van der Waals surface area contributed by atoms with Crippen LogP contribution < -0.4 is 10.1 Å². The Morgan fingerprint density at radius 1 is 1.29 bits per heavy atom. The van der Waals surface area contributed by atoms with E-state index < -0.39 is 11.6 Å². The van der Waals surface area contributed by atoms with Crippen LogP contribution in [0.15, 0.2) is 23.6 Å². The summed E-state index contributed by atoms with van der Waals surface area (Å²) in [4.78, 5) is 0.899. The molecule has 21 heavy (non-hydrogen) atoms. The van der Waals surface area contributed by atoms with Crippen LogP contribution in [-0.2, 0) is 0 Å². The van der Waals surface area contributed by atoms with Crippen molar-refractivity contribution in [2.45, 2.75) is 26.3 Å². The Bertz CT molecular complexity index is 612. The summed E-state index contributed by atoms with van der Waals surface area (Å²) in [6.07, 6.45) is 0.923. The molecule has 1 atom stereocenters. The third kappa shape index (κ3) is 3.41. The molecule has 0 aliphatic heterocycles. The van der Waals surface area contributed by atoms with Crippen LogP contribution in [0.4, 0.5) is 8.78 Å². The first kappa shape index (κ1) is 15.9. The van der Waals surface area contributed by atoms with Crippen LogP contribution in [0.2, 0.25) is 0 Å². The Balaban J connectivity index is 2.48. The molecule has 2 nitrogen and oxygen atoms in total. The number of hydrogen-bond acceptors (Lipinski definition) is 3. The summed E-state index contributed by atoms with van der Waals surface area (Å²) in [5.74, 6) is -0.347. The van der Waals surface area contributed by atoms with Crippen molar-refractivity contribution in [3.05, 3.63) is 51.2 Å². The van der Waals surface area contributed by atoms with Gasteiger partial charge in [0.2, 0.25) is 0 Å². The average molecular weight is 311 g/mol. The second-order valence-electron chi connectivity index (χ2n) is 4.86. The number of benzene rings is 1. The molecule has 0 saturated carbocycles. The van der Waals surface area contributed by atoms with Gasteiger partial charge in [-0.1, -0.05) is 6.92 Å². The van der Waals surface area contributed by atoms with Crippen molar-refractivity contribution in [1.82, 2.24) is 5.32 Å². The highest BCUT2D eigenvalue weighted by atomic mass is 32.1. The number of rotatable bonds is 6. The van der Waals surface area contributed by atoms with Crippen LogP contribution in [0.25, 0.3) is 0 Å². The number of halogens is 2. The topological polar surface area (TPSA) is 21.3 Å². The van der Waals surface area contributed by atoms with Gasteiger partial charge in [0, 0.05) is 11.6 Å². The summed E-state index contributed by atoms with van der Waals surface area (Å²) in [6, 6.07) is 4.04. The monoisotopic (exact) mass is 311 g/mol. The van der Waals surface area contributed by atoms with Crippen LogP contribution in [0.5, 0.6) is 5.75 Å². The molecule has 1 aromatic heterocycles. The maximum Gasteiger partial charge on any atom is 0.134 e. The third-order valence-corrected chi connectivity index (χ3v) is 4.29. The Kier molecular flexibility index (Phi) is 5.31. The molecule has 0 saturated heterocycles. The van der Waals surface area contributed by atoms with E-state index in [9.17, 15) is 8.78 Å². The molecular formula is C16H19F2NOS. The van der Waals surface area contributed by atoms with E-state index in [0.29, 0.717) is 11.1 Å². The largest absolute Gasteiger partial charge is 0.496 e. The minimum Gasteiger partial charge on any atom is -0.496 e. The highest BCUT2D eigenvalue weighted by Gasteiger charge is 2.23. The number of aryl methyl sites for hydroxylation is 1. The van der Waals surface area contributed by atoms with Crippen LogP contribution in [0.3, 0.4) is 0 Å². The molecule has 2 aromatic rings. The van der Waals surface area contributed by atoms with Crippen LogP contribution in [0, 0.1) is 18.6 Å². The van der Waals surface area contributed by atoms with Gasteiger partial charge < -0.3 is 10.1 Å². The van der Waals surface area contributed by atoms with Gasteiger partial charge in [-0.3, -0.25) is 0 Å². The molecule has 0 radical (unpaired) electrons. The van der Waals surface area contributed by atoms with Gasteiger partial charge in [-0.05, 0) is 43.0 Å². The normalized spacial score (nSPS) is 12.4. The molecule has 0 fully saturated rings. The van der Waals surface area contributed by atoms with Crippen LogP contribution >= 0.6 is 11.3 Å². The molecule has 1 N–H and O–H groups in total. The van der Waals surface area contributed by atoms with Gasteiger partial charge in [-0.25, -0.2) is 8.78 Å². The summed E-state index contributed by atoms with van der Waals surface area (Å²) in [5, 5.41) is 5.22. The standard InChI is InChI=1S/C16H19F2NOS/c1-4-6-19-15(16-14(20-3)5-7-21-16)11-8-10(2)12(17)9-13(11)18/h5,7-9,15,19H,4,6H2,1-3H3. The summed E-state index contributed by atoms with van der Waals surface area (Å²) in [6.45, 7) is 4.42. The maximum atomic E-state index is 14.2. The third-order valence-electron chi connectivity index (χ3n) is 3.33. The average Bonchev–Trinajstić information content (AvgIpc) is 2.93. The number of thiophene rings is 1. The fraction of sp³-hybridized carbons (Fsp3) is 0.375. The van der Waals surface area contributed by atoms with Gasteiger partial charge in [0.05, 0.1) is 18.0 Å². The Labute approximate surface area is 127 Å². The van der Waals surface area contributed by atoms with Gasteiger partial charge in [-0.2, -0.15) is 0 Å². The van der Waals surface area contributed by atoms with E-state index in [-0.39, 0.29) is 6.04 Å². The maximum absolute atomic E-state index is 14.2. The van der Waals surface area contributed by atoms with Gasteiger partial charge >= 0.3 is 0 Å². The predicted molar refractivity (Wildman–Crippen MR) is 82.1 cm³/mol. The highest BCUT2D eigenvalue weighted by molar-refractivity contribution is 7.10. The Morgan fingerprint density at radius 2 is 2.05 bits per heavy atom. The lowest BCUT2D eigenvalue weighted by Crippen LogP contribution is -2.24. The van der Waals surface area contributed by atoms with Gasteiger partial charge in [0.25, 0.3) is 0 Å². The summed E-state index contributed by atoms with van der Waals surface area (Å²) in [7, 11) is 1.59. The molecular weight excluding hydrogens is 292 g/mol. The second-order valence-corrected chi connectivity index (χ2v) is 5.81. The summed E-state index contributed by atoms with van der Waals surface area (Å²) in [5.41, 5.74) is 0.883. The molecule has 0 bridgehead atoms. The molecule has 0 spiro atoms. The molecule has 114 valence electrons. The van der Waals surface area contributed by atoms with Gasteiger partial charge in [0.15, 0.2) is 0 Å². The smallest absolute Gasteiger partial charge is 0.134 e. The van der Waals surface area contributed by atoms with Crippen molar-refractivity contribution in [1.29, 1.82) is 0 Å². The molecule has 1 heterocycles. The van der Waals surface area contributed by atoms with Gasteiger partial charge in [0.1, 0.15) is 17.4 Å².